The fourth-order valence-corrected chi connectivity index (χ4v) is 3.29. The van der Waals surface area contributed by atoms with E-state index in [0.717, 1.165) is 23.5 Å². The third-order valence-corrected chi connectivity index (χ3v) is 4.76. The first-order chi connectivity index (χ1) is 10.3. The molecule has 1 aromatic heterocycles. The molecule has 0 spiro atoms. The molecule has 110 valence electrons. The van der Waals surface area contributed by atoms with Crippen molar-refractivity contribution < 1.29 is 9.53 Å². The summed E-state index contributed by atoms with van der Waals surface area (Å²) in [5, 5.41) is 6.19. The topological polar surface area (TPSA) is 50.4 Å². The second-order valence-electron chi connectivity index (χ2n) is 5.11. The summed E-state index contributed by atoms with van der Waals surface area (Å²) < 4.78 is 5.35. The molecule has 3 rings (SSSR count). The van der Waals surface area contributed by atoms with Crippen LogP contribution in [-0.4, -0.2) is 32.7 Å². The van der Waals surface area contributed by atoms with Gasteiger partial charge in [0.15, 0.2) is 0 Å². The number of amides is 1. The van der Waals surface area contributed by atoms with Gasteiger partial charge in [-0.25, -0.2) is 0 Å². The molecule has 1 aliphatic rings. The molecule has 0 radical (unpaired) electrons. The molecular weight excluding hydrogens is 284 g/mol. The second kappa shape index (κ2) is 6.28. The minimum absolute atomic E-state index is 0.0501. The van der Waals surface area contributed by atoms with Crippen LogP contribution in [0.1, 0.15) is 9.67 Å². The SMILES string of the molecule is COc1cc(-c2ccccc2)sc1C(=O)NCC1CNC1. The summed E-state index contributed by atoms with van der Waals surface area (Å²) >= 11 is 1.47. The van der Waals surface area contributed by atoms with E-state index in [4.69, 9.17) is 4.74 Å². The molecule has 2 aromatic rings. The number of methoxy groups -OCH3 is 1. The van der Waals surface area contributed by atoms with Gasteiger partial charge in [-0.2, -0.15) is 0 Å². The van der Waals surface area contributed by atoms with Crippen molar-refractivity contribution in [3.05, 3.63) is 41.3 Å². The number of rotatable bonds is 5. The zero-order valence-corrected chi connectivity index (χ0v) is 12.7. The van der Waals surface area contributed by atoms with Gasteiger partial charge in [-0.1, -0.05) is 30.3 Å². The molecule has 0 atom stereocenters. The zero-order chi connectivity index (χ0) is 14.7. The minimum atomic E-state index is -0.0501. The van der Waals surface area contributed by atoms with Crippen molar-refractivity contribution in [2.45, 2.75) is 0 Å². The molecule has 1 amide bonds. The Bertz CT molecular complexity index is 620. The van der Waals surface area contributed by atoms with E-state index in [1.165, 1.54) is 11.3 Å². The van der Waals surface area contributed by atoms with Crippen molar-refractivity contribution in [1.82, 2.24) is 10.6 Å². The number of nitrogens with one attached hydrogen (secondary N) is 2. The first kappa shape index (κ1) is 14.1. The van der Waals surface area contributed by atoms with Gasteiger partial charge in [0.2, 0.25) is 0 Å². The zero-order valence-electron chi connectivity index (χ0n) is 11.9. The van der Waals surface area contributed by atoms with Gasteiger partial charge < -0.3 is 15.4 Å². The van der Waals surface area contributed by atoms with E-state index in [0.29, 0.717) is 23.1 Å². The highest BCUT2D eigenvalue weighted by atomic mass is 32.1. The molecule has 0 aliphatic carbocycles. The van der Waals surface area contributed by atoms with Crippen molar-refractivity contribution in [3.8, 4) is 16.2 Å². The lowest BCUT2D eigenvalue weighted by atomic mass is 10.0. The molecule has 0 saturated carbocycles. The summed E-state index contributed by atoms with van der Waals surface area (Å²) in [6.45, 7) is 2.68. The van der Waals surface area contributed by atoms with Crippen molar-refractivity contribution in [3.63, 3.8) is 0 Å². The van der Waals surface area contributed by atoms with Crippen molar-refractivity contribution in [2.24, 2.45) is 5.92 Å². The molecular formula is C16H18N2O2S. The van der Waals surface area contributed by atoms with E-state index in [1.54, 1.807) is 7.11 Å². The Hall–Kier alpha value is -1.85. The standard InChI is InChI=1S/C16H18N2O2S/c1-20-13-7-14(12-5-3-2-4-6-12)21-15(13)16(19)18-10-11-8-17-9-11/h2-7,11,17H,8-10H2,1H3,(H,18,19). The van der Waals surface area contributed by atoms with Crippen LogP contribution in [-0.2, 0) is 0 Å². The van der Waals surface area contributed by atoms with Gasteiger partial charge in [-0.15, -0.1) is 11.3 Å². The maximum atomic E-state index is 12.3. The molecule has 0 unspecified atom stereocenters. The Morgan fingerprint density at radius 3 is 2.76 bits per heavy atom. The van der Waals surface area contributed by atoms with E-state index in [-0.39, 0.29) is 5.91 Å². The van der Waals surface area contributed by atoms with Crippen LogP contribution in [0.25, 0.3) is 10.4 Å². The smallest absolute Gasteiger partial charge is 0.265 e. The molecule has 1 aromatic carbocycles. The average Bonchev–Trinajstić information content (AvgIpc) is 2.90. The van der Waals surface area contributed by atoms with Crippen molar-refractivity contribution >= 4 is 17.2 Å². The van der Waals surface area contributed by atoms with Crippen LogP contribution in [0.4, 0.5) is 0 Å². The summed E-state index contributed by atoms with van der Waals surface area (Å²) in [7, 11) is 1.60. The highest BCUT2D eigenvalue weighted by Crippen LogP contribution is 2.36. The predicted molar refractivity (Wildman–Crippen MR) is 85.0 cm³/mol. The van der Waals surface area contributed by atoms with Crippen molar-refractivity contribution in [1.29, 1.82) is 0 Å². The minimum Gasteiger partial charge on any atom is -0.495 e. The molecule has 1 aliphatic heterocycles. The molecule has 1 saturated heterocycles. The van der Waals surface area contributed by atoms with Gasteiger partial charge in [-0.05, 0) is 11.6 Å². The maximum absolute atomic E-state index is 12.3. The Balaban J connectivity index is 1.77. The van der Waals surface area contributed by atoms with Crippen LogP contribution in [0.5, 0.6) is 5.75 Å². The lowest BCUT2D eigenvalue weighted by molar-refractivity contribution is 0.0943. The largest absolute Gasteiger partial charge is 0.495 e. The Kier molecular flexibility index (Phi) is 4.22. The van der Waals surface area contributed by atoms with E-state index in [2.05, 4.69) is 10.6 Å². The van der Waals surface area contributed by atoms with Gasteiger partial charge in [0.1, 0.15) is 10.6 Å². The Morgan fingerprint density at radius 2 is 2.14 bits per heavy atom. The lowest BCUT2D eigenvalue weighted by Crippen LogP contribution is -2.48. The summed E-state index contributed by atoms with van der Waals surface area (Å²) in [5.74, 6) is 1.14. The van der Waals surface area contributed by atoms with E-state index in [1.807, 2.05) is 36.4 Å². The Labute approximate surface area is 128 Å². The fraction of sp³-hybridized carbons (Fsp3) is 0.312. The molecule has 0 bridgehead atoms. The monoisotopic (exact) mass is 302 g/mol. The summed E-state index contributed by atoms with van der Waals surface area (Å²) in [6.07, 6.45) is 0. The van der Waals surface area contributed by atoms with Gasteiger partial charge >= 0.3 is 0 Å². The van der Waals surface area contributed by atoms with Gasteiger partial charge in [0, 0.05) is 30.4 Å². The third-order valence-electron chi connectivity index (χ3n) is 3.60. The second-order valence-corrected chi connectivity index (χ2v) is 6.16. The van der Waals surface area contributed by atoms with Gasteiger partial charge in [-0.3, -0.25) is 4.79 Å². The molecule has 2 N–H and O–H groups in total. The van der Waals surface area contributed by atoms with Gasteiger partial charge in [0.05, 0.1) is 7.11 Å². The highest BCUT2D eigenvalue weighted by Gasteiger charge is 2.21. The van der Waals surface area contributed by atoms with Crippen LogP contribution in [0.3, 0.4) is 0 Å². The fourth-order valence-electron chi connectivity index (χ4n) is 2.24. The number of carbonyl (C=O) groups is 1. The lowest BCUT2D eigenvalue weighted by Gasteiger charge is -2.26. The third kappa shape index (κ3) is 3.09. The van der Waals surface area contributed by atoms with Crippen LogP contribution in [0.2, 0.25) is 0 Å². The number of hydrogen-bond acceptors (Lipinski definition) is 4. The molecule has 5 heteroatoms. The summed E-state index contributed by atoms with van der Waals surface area (Å²) in [4.78, 5) is 14.0. The van der Waals surface area contributed by atoms with Crippen molar-refractivity contribution in [2.75, 3.05) is 26.7 Å². The molecule has 1 fully saturated rings. The van der Waals surface area contributed by atoms with Crippen LogP contribution >= 0.6 is 11.3 Å². The van der Waals surface area contributed by atoms with Gasteiger partial charge in [0.25, 0.3) is 5.91 Å². The first-order valence-corrected chi connectivity index (χ1v) is 7.81. The van der Waals surface area contributed by atoms with Crippen LogP contribution in [0.15, 0.2) is 36.4 Å². The number of carbonyl (C=O) groups excluding carboxylic acids is 1. The molecule has 4 nitrogen and oxygen atoms in total. The highest BCUT2D eigenvalue weighted by molar-refractivity contribution is 7.17. The summed E-state index contributed by atoms with van der Waals surface area (Å²) in [6, 6.07) is 12.0. The quantitative estimate of drug-likeness (QED) is 0.891. The average molecular weight is 302 g/mol. The number of ether oxygens (including phenoxy) is 1. The molecule has 21 heavy (non-hydrogen) atoms. The van der Waals surface area contributed by atoms with Crippen LogP contribution < -0.4 is 15.4 Å². The number of hydrogen-bond donors (Lipinski definition) is 2. The van der Waals surface area contributed by atoms with E-state index < -0.39 is 0 Å². The molecule has 2 heterocycles. The van der Waals surface area contributed by atoms with Crippen LogP contribution in [0, 0.1) is 5.92 Å². The predicted octanol–water partition coefficient (Wildman–Crippen LogP) is 2.37. The normalized spacial score (nSPS) is 14.5. The number of thiophene rings is 1. The van der Waals surface area contributed by atoms with E-state index in [9.17, 15) is 4.79 Å². The first-order valence-electron chi connectivity index (χ1n) is 7.00. The van der Waals surface area contributed by atoms with E-state index >= 15 is 0 Å². The maximum Gasteiger partial charge on any atom is 0.265 e. The Morgan fingerprint density at radius 1 is 1.38 bits per heavy atom. The number of benzene rings is 1. The summed E-state index contributed by atoms with van der Waals surface area (Å²) in [5.41, 5.74) is 1.10.